The lowest BCUT2D eigenvalue weighted by Gasteiger charge is -2.06. The van der Waals surface area contributed by atoms with Gasteiger partial charge in [-0.25, -0.2) is 4.98 Å². The first-order valence-corrected chi connectivity index (χ1v) is 6.21. The van der Waals surface area contributed by atoms with Gasteiger partial charge in [-0.2, -0.15) is 5.10 Å². The molecule has 0 saturated heterocycles. The monoisotopic (exact) mass is 253 g/mol. The molecule has 0 bridgehead atoms. The molecule has 5 nitrogen and oxygen atoms in total. The molecule has 0 aliphatic carbocycles. The topological polar surface area (TPSA) is 55.6 Å². The molecule has 3 aromatic rings. The lowest BCUT2D eigenvalue weighted by molar-refractivity contribution is 0.650. The minimum absolute atomic E-state index is 0.657. The zero-order chi connectivity index (χ0) is 13.1. The fourth-order valence-electron chi connectivity index (χ4n) is 2.08. The molecule has 0 aliphatic rings. The third-order valence-electron chi connectivity index (χ3n) is 2.96. The molecule has 0 saturated carbocycles. The Labute approximate surface area is 111 Å². The molecule has 0 fully saturated rings. The second-order valence-electron chi connectivity index (χ2n) is 4.43. The largest absolute Gasteiger partial charge is 0.306 e. The van der Waals surface area contributed by atoms with Crippen LogP contribution in [0, 0.1) is 0 Å². The van der Waals surface area contributed by atoms with Gasteiger partial charge in [0.15, 0.2) is 5.82 Å². The zero-order valence-electron chi connectivity index (χ0n) is 10.7. The van der Waals surface area contributed by atoms with Crippen LogP contribution in [0.2, 0.25) is 0 Å². The third kappa shape index (κ3) is 2.61. The summed E-state index contributed by atoms with van der Waals surface area (Å²) in [7, 11) is 1.87. The lowest BCUT2D eigenvalue weighted by Crippen LogP contribution is -2.14. The van der Waals surface area contributed by atoms with Crippen LogP contribution in [-0.4, -0.2) is 19.7 Å². The van der Waals surface area contributed by atoms with Crippen molar-refractivity contribution in [1.29, 1.82) is 0 Å². The van der Waals surface area contributed by atoms with Gasteiger partial charge in [0.1, 0.15) is 6.33 Å². The second-order valence-corrected chi connectivity index (χ2v) is 4.43. The Morgan fingerprint density at radius 3 is 2.84 bits per heavy atom. The van der Waals surface area contributed by atoms with Crippen LogP contribution in [0.4, 0.5) is 0 Å². The Morgan fingerprint density at radius 1 is 1.11 bits per heavy atom. The van der Waals surface area contributed by atoms with E-state index < -0.39 is 0 Å². The predicted molar refractivity (Wildman–Crippen MR) is 73.3 cm³/mol. The van der Waals surface area contributed by atoms with Crippen molar-refractivity contribution < 1.29 is 0 Å². The molecule has 0 spiro atoms. The number of nitrogens with one attached hydrogen (secondary N) is 1. The molecule has 0 aliphatic heterocycles. The van der Waals surface area contributed by atoms with Gasteiger partial charge in [0, 0.05) is 25.2 Å². The van der Waals surface area contributed by atoms with Crippen LogP contribution < -0.4 is 5.32 Å². The van der Waals surface area contributed by atoms with E-state index >= 15 is 0 Å². The summed E-state index contributed by atoms with van der Waals surface area (Å²) in [5, 5.41) is 8.74. The fraction of sp³-hybridized carbons (Fsp3) is 0.214. The van der Waals surface area contributed by atoms with Crippen LogP contribution in [0.15, 0.2) is 42.9 Å². The van der Waals surface area contributed by atoms with Gasteiger partial charge in [-0.05, 0) is 11.6 Å². The molecule has 3 rings (SSSR count). The number of pyridine rings is 1. The third-order valence-corrected chi connectivity index (χ3v) is 2.96. The van der Waals surface area contributed by atoms with E-state index in [0.717, 1.165) is 23.3 Å². The Balaban J connectivity index is 1.71. The van der Waals surface area contributed by atoms with Crippen molar-refractivity contribution in [3.05, 3.63) is 54.2 Å². The highest BCUT2D eigenvalue weighted by Gasteiger charge is 2.02. The highest BCUT2D eigenvalue weighted by atomic mass is 15.3. The Hall–Kier alpha value is -2.27. The van der Waals surface area contributed by atoms with Crippen molar-refractivity contribution in [2.75, 3.05) is 0 Å². The molecule has 5 heteroatoms. The summed E-state index contributed by atoms with van der Waals surface area (Å²) in [5.41, 5.74) is 2.24. The average Bonchev–Trinajstić information content (AvgIpc) is 2.85. The Morgan fingerprint density at radius 2 is 2.00 bits per heavy atom. The van der Waals surface area contributed by atoms with Crippen molar-refractivity contribution in [2.45, 2.75) is 13.1 Å². The number of nitrogens with zero attached hydrogens (tertiary/aromatic N) is 4. The fourth-order valence-corrected chi connectivity index (χ4v) is 2.08. The molecule has 0 radical (unpaired) electrons. The van der Waals surface area contributed by atoms with Crippen molar-refractivity contribution in [1.82, 2.24) is 25.1 Å². The van der Waals surface area contributed by atoms with Gasteiger partial charge in [-0.3, -0.25) is 9.67 Å². The van der Waals surface area contributed by atoms with Gasteiger partial charge in [-0.15, -0.1) is 0 Å². The summed E-state index contributed by atoms with van der Waals surface area (Å²) in [6, 6.07) is 10.3. The quantitative estimate of drug-likeness (QED) is 0.768. The smallest absolute Gasteiger partial charge is 0.164 e. The van der Waals surface area contributed by atoms with Crippen LogP contribution in [-0.2, 0) is 20.1 Å². The van der Waals surface area contributed by atoms with E-state index in [9.17, 15) is 0 Å². The highest BCUT2D eigenvalue weighted by molar-refractivity contribution is 5.81. The molecule has 2 heterocycles. The summed E-state index contributed by atoms with van der Waals surface area (Å²) in [6.07, 6.45) is 3.53. The summed E-state index contributed by atoms with van der Waals surface area (Å²) in [4.78, 5) is 8.62. The molecule has 1 aromatic carbocycles. The number of fused-ring (bicyclic) bond motifs is 1. The Kier molecular flexibility index (Phi) is 3.20. The summed E-state index contributed by atoms with van der Waals surface area (Å²) < 4.78 is 1.70. The minimum Gasteiger partial charge on any atom is -0.306 e. The van der Waals surface area contributed by atoms with Crippen molar-refractivity contribution in [2.24, 2.45) is 7.05 Å². The molecule has 1 N–H and O–H groups in total. The number of hydrogen-bond donors (Lipinski definition) is 1. The van der Waals surface area contributed by atoms with E-state index in [2.05, 4.69) is 44.6 Å². The van der Waals surface area contributed by atoms with Gasteiger partial charge < -0.3 is 5.32 Å². The number of benzene rings is 1. The predicted octanol–water partition coefficient (Wildman–Crippen LogP) is 1.65. The second kappa shape index (κ2) is 5.16. The molecular weight excluding hydrogens is 238 g/mol. The van der Waals surface area contributed by atoms with Gasteiger partial charge in [0.25, 0.3) is 0 Å². The molecular formula is C14H15N5. The highest BCUT2D eigenvalue weighted by Crippen LogP contribution is 2.15. The first kappa shape index (κ1) is 11.8. The van der Waals surface area contributed by atoms with Gasteiger partial charge in [0.2, 0.25) is 0 Å². The van der Waals surface area contributed by atoms with Crippen molar-refractivity contribution >= 4 is 10.9 Å². The van der Waals surface area contributed by atoms with E-state index in [1.54, 1.807) is 11.0 Å². The zero-order valence-corrected chi connectivity index (χ0v) is 10.7. The normalized spacial score (nSPS) is 11.0. The minimum atomic E-state index is 0.657. The number of aromatic nitrogens is 4. The Bertz CT molecular complexity index is 684. The molecule has 19 heavy (non-hydrogen) atoms. The molecule has 96 valence electrons. The van der Waals surface area contributed by atoms with Crippen LogP contribution in [0.5, 0.6) is 0 Å². The van der Waals surface area contributed by atoms with E-state index in [1.807, 2.05) is 19.3 Å². The van der Waals surface area contributed by atoms with Gasteiger partial charge in [0.05, 0.1) is 12.1 Å². The molecule has 2 aromatic heterocycles. The number of rotatable bonds is 4. The van der Waals surface area contributed by atoms with Crippen LogP contribution >= 0.6 is 0 Å². The maximum Gasteiger partial charge on any atom is 0.164 e. The van der Waals surface area contributed by atoms with Crippen LogP contribution in [0.25, 0.3) is 10.9 Å². The van der Waals surface area contributed by atoms with E-state index in [-0.39, 0.29) is 0 Å². The van der Waals surface area contributed by atoms with Crippen LogP contribution in [0.3, 0.4) is 0 Å². The van der Waals surface area contributed by atoms with Gasteiger partial charge in [-0.1, -0.05) is 24.3 Å². The maximum atomic E-state index is 4.44. The van der Waals surface area contributed by atoms with Crippen molar-refractivity contribution in [3.8, 4) is 0 Å². The standard InChI is InChI=1S/C14H15N5/c1-19-10-17-13(18-19)9-15-8-12-5-2-4-11-6-3-7-16-14(11)12/h2-7,10,15H,8-9H2,1H3. The molecule has 0 amide bonds. The maximum absolute atomic E-state index is 4.44. The van der Waals surface area contributed by atoms with E-state index in [1.165, 1.54) is 5.56 Å². The van der Waals surface area contributed by atoms with Crippen LogP contribution in [0.1, 0.15) is 11.4 Å². The summed E-state index contributed by atoms with van der Waals surface area (Å²) in [6.45, 7) is 1.41. The summed E-state index contributed by atoms with van der Waals surface area (Å²) in [5.74, 6) is 0.802. The average molecular weight is 253 g/mol. The first-order valence-electron chi connectivity index (χ1n) is 6.21. The number of aryl methyl sites for hydroxylation is 1. The van der Waals surface area contributed by atoms with Crippen molar-refractivity contribution in [3.63, 3.8) is 0 Å². The first-order chi connectivity index (χ1) is 9.33. The number of hydrogen-bond acceptors (Lipinski definition) is 4. The van der Waals surface area contributed by atoms with E-state index in [0.29, 0.717) is 6.54 Å². The molecule has 0 atom stereocenters. The van der Waals surface area contributed by atoms with E-state index in [4.69, 9.17) is 0 Å². The lowest BCUT2D eigenvalue weighted by atomic mass is 10.1. The van der Waals surface area contributed by atoms with Gasteiger partial charge >= 0.3 is 0 Å². The summed E-state index contributed by atoms with van der Waals surface area (Å²) >= 11 is 0. The SMILES string of the molecule is Cn1cnc(CNCc2cccc3cccnc23)n1. The molecule has 0 unspecified atom stereocenters. The number of para-hydroxylation sites is 1.